The SMILES string of the molecule is COP(C)(=O)OCc1ccccc1. The fourth-order valence-corrected chi connectivity index (χ4v) is 1.31. The van der Waals surface area contributed by atoms with Crippen LogP contribution in [-0.4, -0.2) is 13.8 Å². The van der Waals surface area contributed by atoms with Crippen LogP contribution in [0.4, 0.5) is 0 Å². The Morgan fingerprint density at radius 1 is 1.31 bits per heavy atom. The molecule has 3 nitrogen and oxygen atoms in total. The fourth-order valence-electron chi connectivity index (χ4n) is 0.819. The summed E-state index contributed by atoms with van der Waals surface area (Å²) in [5, 5.41) is 0. The van der Waals surface area contributed by atoms with Crippen molar-refractivity contribution in [3.63, 3.8) is 0 Å². The van der Waals surface area contributed by atoms with E-state index in [4.69, 9.17) is 9.05 Å². The van der Waals surface area contributed by atoms with Gasteiger partial charge in [-0.1, -0.05) is 30.3 Å². The minimum atomic E-state index is -2.84. The molecule has 0 aliphatic carbocycles. The molecule has 4 heteroatoms. The van der Waals surface area contributed by atoms with Gasteiger partial charge in [0.2, 0.25) is 0 Å². The summed E-state index contributed by atoms with van der Waals surface area (Å²) < 4.78 is 21.1. The Kier molecular flexibility index (Phi) is 3.67. The molecule has 0 heterocycles. The normalized spacial score (nSPS) is 15.2. The molecule has 0 spiro atoms. The molecule has 0 aromatic heterocycles. The monoisotopic (exact) mass is 200 g/mol. The van der Waals surface area contributed by atoms with E-state index in [2.05, 4.69) is 0 Å². The van der Waals surface area contributed by atoms with Crippen molar-refractivity contribution < 1.29 is 13.6 Å². The van der Waals surface area contributed by atoms with Gasteiger partial charge < -0.3 is 9.05 Å². The van der Waals surface area contributed by atoms with Gasteiger partial charge in [-0.05, 0) is 5.56 Å². The van der Waals surface area contributed by atoms with Crippen LogP contribution >= 0.6 is 7.60 Å². The molecule has 0 amide bonds. The van der Waals surface area contributed by atoms with E-state index >= 15 is 0 Å². The highest BCUT2D eigenvalue weighted by Gasteiger charge is 2.13. The molecule has 72 valence electrons. The van der Waals surface area contributed by atoms with Crippen LogP contribution < -0.4 is 0 Å². The third kappa shape index (κ3) is 3.73. The Morgan fingerprint density at radius 3 is 2.46 bits per heavy atom. The number of benzene rings is 1. The number of rotatable bonds is 4. The predicted molar refractivity (Wildman–Crippen MR) is 51.8 cm³/mol. The Balaban J connectivity index is 2.49. The van der Waals surface area contributed by atoms with Crippen LogP contribution in [-0.2, 0) is 20.2 Å². The second-order valence-electron chi connectivity index (χ2n) is 2.71. The topological polar surface area (TPSA) is 35.5 Å². The summed E-state index contributed by atoms with van der Waals surface area (Å²) in [6.07, 6.45) is 0. The van der Waals surface area contributed by atoms with Crippen molar-refractivity contribution in [3.05, 3.63) is 35.9 Å². The smallest absolute Gasteiger partial charge is 0.312 e. The molecule has 0 N–H and O–H groups in total. The van der Waals surface area contributed by atoms with E-state index in [1.165, 1.54) is 13.8 Å². The van der Waals surface area contributed by atoms with Crippen LogP contribution in [0.25, 0.3) is 0 Å². The zero-order valence-corrected chi connectivity index (χ0v) is 8.66. The molecule has 0 saturated heterocycles. The van der Waals surface area contributed by atoms with Gasteiger partial charge in [-0.3, -0.25) is 4.57 Å². The van der Waals surface area contributed by atoms with Crippen molar-refractivity contribution >= 4 is 7.60 Å². The predicted octanol–water partition coefficient (Wildman–Crippen LogP) is 2.67. The standard InChI is InChI=1S/C9H13O3P/c1-11-13(2,10)12-8-9-6-4-3-5-7-9/h3-7H,8H2,1-2H3. The highest BCUT2D eigenvalue weighted by molar-refractivity contribution is 7.52. The lowest BCUT2D eigenvalue weighted by atomic mass is 10.2. The largest absolute Gasteiger partial charge is 0.327 e. The van der Waals surface area contributed by atoms with Gasteiger partial charge >= 0.3 is 7.60 Å². The van der Waals surface area contributed by atoms with Crippen molar-refractivity contribution in [2.24, 2.45) is 0 Å². The average Bonchev–Trinajstić information content (AvgIpc) is 2.17. The lowest BCUT2D eigenvalue weighted by Crippen LogP contribution is -1.91. The van der Waals surface area contributed by atoms with Gasteiger partial charge in [0.05, 0.1) is 6.61 Å². The number of hydrogen-bond donors (Lipinski definition) is 0. The molecule has 0 fully saturated rings. The second-order valence-corrected chi connectivity index (χ2v) is 4.88. The van der Waals surface area contributed by atoms with E-state index in [9.17, 15) is 4.57 Å². The molecule has 0 radical (unpaired) electrons. The molecule has 0 aliphatic rings. The van der Waals surface area contributed by atoms with E-state index in [1.807, 2.05) is 30.3 Å². The van der Waals surface area contributed by atoms with E-state index < -0.39 is 7.60 Å². The Hall–Kier alpha value is -0.630. The average molecular weight is 200 g/mol. The van der Waals surface area contributed by atoms with E-state index in [0.717, 1.165) is 5.56 Å². The quantitative estimate of drug-likeness (QED) is 0.701. The van der Waals surface area contributed by atoms with Crippen molar-refractivity contribution in [1.29, 1.82) is 0 Å². The van der Waals surface area contributed by atoms with Crippen LogP contribution in [0.5, 0.6) is 0 Å². The second kappa shape index (κ2) is 4.56. The zero-order chi connectivity index (χ0) is 9.73. The lowest BCUT2D eigenvalue weighted by Gasteiger charge is -2.10. The van der Waals surface area contributed by atoms with Crippen LogP contribution in [0.15, 0.2) is 30.3 Å². The molecule has 1 atom stereocenters. The highest BCUT2D eigenvalue weighted by Crippen LogP contribution is 2.43. The molecule has 1 unspecified atom stereocenters. The molecule has 1 aromatic carbocycles. The Bertz CT molecular complexity index is 297. The first-order valence-electron chi connectivity index (χ1n) is 3.96. The summed E-state index contributed by atoms with van der Waals surface area (Å²) >= 11 is 0. The molecule has 1 aromatic rings. The molecule has 0 saturated carbocycles. The molecular formula is C9H13O3P. The van der Waals surface area contributed by atoms with Crippen LogP contribution in [0.1, 0.15) is 5.56 Å². The van der Waals surface area contributed by atoms with Crippen molar-refractivity contribution in [2.75, 3.05) is 13.8 Å². The molecule has 0 aliphatic heterocycles. The van der Waals surface area contributed by atoms with Gasteiger partial charge in [-0.2, -0.15) is 0 Å². The summed E-state index contributed by atoms with van der Waals surface area (Å²) in [6, 6.07) is 9.56. The third-order valence-electron chi connectivity index (χ3n) is 1.64. The van der Waals surface area contributed by atoms with E-state index in [0.29, 0.717) is 6.61 Å². The van der Waals surface area contributed by atoms with Gasteiger partial charge in [-0.15, -0.1) is 0 Å². The maximum atomic E-state index is 11.3. The fraction of sp³-hybridized carbons (Fsp3) is 0.333. The summed E-state index contributed by atoms with van der Waals surface area (Å²) in [4.78, 5) is 0. The maximum absolute atomic E-state index is 11.3. The van der Waals surface area contributed by atoms with Crippen LogP contribution in [0.2, 0.25) is 0 Å². The zero-order valence-electron chi connectivity index (χ0n) is 7.77. The van der Waals surface area contributed by atoms with Gasteiger partial charge in [0.25, 0.3) is 0 Å². The summed E-state index contributed by atoms with van der Waals surface area (Å²) in [7, 11) is -1.46. The molecular weight excluding hydrogens is 187 g/mol. The first-order valence-corrected chi connectivity index (χ1v) is 5.95. The Morgan fingerprint density at radius 2 is 1.92 bits per heavy atom. The third-order valence-corrected chi connectivity index (χ3v) is 2.90. The lowest BCUT2D eigenvalue weighted by molar-refractivity contribution is 0.230. The molecule has 13 heavy (non-hydrogen) atoms. The highest BCUT2D eigenvalue weighted by atomic mass is 31.2. The Labute approximate surface area is 78.2 Å². The summed E-state index contributed by atoms with van der Waals surface area (Å²) in [5.41, 5.74) is 0.988. The van der Waals surface area contributed by atoms with Gasteiger partial charge in [0.1, 0.15) is 0 Å². The van der Waals surface area contributed by atoms with Gasteiger partial charge in [0.15, 0.2) is 0 Å². The number of hydrogen-bond acceptors (Lipinski definition) is 3. The summed E-state index contributed by atoms with van der Waals surface area (Å²) in [6.45, 7) is 1.78. The van der Waals surface area contributed by atoms with E-state index in [-0.39, 0.29) is 0 Å². The minimum Gasteiger partial charge on any atom is -0.312 e. The minimum absolute atomic E-state index is 0.322. The van der Waals surface area contributed by atoms with Gasteiger partial charge in [-0.25, -0.2) is 0 Å². The van der Waals surface area contributed by atoms with Crippen LogP contribution in [0, 0.1) is 0 Å². The first kappa shape index (κ1) is 10.5. The maximum Gasteiger partial charge on any atom is 0.327 e. The van der Waals surface area contributed by atoms with Crippen molar-refractivity contribution in [1.82, 2.24) is 0 Å². The van der Waals surface area contributed by atoms with Crippen molar-refractivity contribution in [3.8, 4) is 0 Å². The van der Waals surface area contributed by atoms with Crippen LogP contribution in [0.3, 0.4) is 0 Å². The first-order chi connectivity index (χ1) is 6.14. The van der Waals surface area contributed by atoms with Crippen molar-refractivity contribution in [2.45, 2.75) is 6.61 Å². The molecule has 1 rings (SSSR count). The van der Waals surface area contributed by atoms with Gasteiger partial charge in [0, 0.05) is 13.8 Å². The van der Waals surface area contributed by atoms with E-state index in [1.54, 1.807) is 0 Å². The molecule has 0 bridgehead atoms. The summed E-state index contributed by atoms with van der Waals surface area (Å²) in [5.74, 6) is 0.